The minimum Gasteiger partial charge on any atom is -0.351 e. The van der Waals surface area contributed by atoms with Crippen molar-refractivity contribution >= 4 is 55.5 Å². The third kappa shape index (κ3) is 4.71. The van der Waals surface area contributed by atoms with Crippen molar-refractivity contribution in [3.63, 3.8) is 0 Å². The lowest BCUT2D eigenvalue weighted by Gasteiger charge is -2.01. The van der Waals surface area contributed by atoms with E-state index in [-0.39, 0.29) is 11.8 Å². The second kappa shape index (κ2) is 7.85. The van der Waals surface area contributed by atoms with Gasteiger partial charge in [-0.3, -0.25) is 19.9 Å². The molecule has 2 N–H and O–H groups in total. The first kappa shape index (κ1) is 17.7. The zero-order valence-electron chi connectivity index (χ0n) is 13.1. The summed E-state index contributed by atoms with van der Waals surface area (Å²) in [5, 5.41) is 7.96. The van der Waals surface area contributed by atoms with E-state index >= 15 is 0 Å². The summed E-state index contributed by atoms with van der Waals surface area (Å²) in [7, 11) is 0. The van der Waals surface area contributed by atoms with Gasteiger partial charge < -0.3 is 5.32 Å². The molecule has 0 saturated heterocycles. The quantitative estimate of drug-likeness (QED) is 0.634. The van der Waals surface area contributed by atoms with Gasteiger partial charge in [-0.1, -0.05) is 0 Å². The molecule has 6 nitrogen and oxygen atoms in total. The van der Waals surface area contributed by atoms with Crippen molar-refractivity contribution in [1.29, 1.82) is 0 Å². The summed E-state index contributed by atoms with van der Waals surface area (Å²) in [4.78, 5) is 33.7. The van der Waals surface area contributed by atoms with Gasteiger partial charge in [0.2, 0.25) is 5.91 Å². The van der Waals surface area contributed by atoms with Gasteiger partial charge in [0, 0.05) is 34.0 Å². The fraction of sp³-hybridized carbons (Fsp3) is 0.125. The predicted molar refractivity (Wildman–Crippen MR) is 103 cm³/mol. The van der Waals surface area contributed by atoms with E-state index in [1.807, 2.05) is 17.5 Å². The zero-order valence-corrected chi connectivity index (χ0v) is 16.3. The van der Waals surface area contributed by atoms with Crippen LogP contribution in [0.4, 0.5) is 5.13 Å². The Morgan fingerprint density at radius 3 is 2.88 bits per heavy atom. The molecule has 25 heavy (non-hydrogen) atoms. The van der Waals surface area contributed by atoms with Gasteiger partial charge in [-0.05, 0) is 34.1 Å². The SMILES string of the molecule is CC(=O)NCc1ccc(-c2csc(NC(=O)c3cncc(Br)c3)n2)s1. The molecule has 9 heteroatoms. The molecule has 0 bridgehead atoms. The van der Waals surface area contributed by atoms with Crippen LogP contribution in [0.5, 0.6) is 0 Å². The molecule has 2 amide bonds. The minimum atomic E-state index is -0.257. The molecular weight excluding hydrogens is 424 g/mol. The topological polar surface area (TPSA) is 84.0 Å². The van der Waals surface area contributed by atoms with E-state index in [1.165, 1.54) is 24.5 Å². The molecule has 3 aromatic rings. The van der Waals surface area contributed by atoms with Crippen molar-refractivity contribution < 1.29 is 9.59 Å². The smallest absolute Gasteiger partial charge is 0.259 e. The van der Waals surface area contributed by atoms with Gasteiger partial charge in [-0.15, -0.1) is 22.7 Å². The first-order chi connectivity index (χ1) is 12.0. The third-order valence-electron chi connectivity index (χ3n) is 3.12. The number of pyridine rings is 1. The highest BCUT2D eigenvalue weighted by Gasteiger charge is 2.12. The lowest BCUT2D eigenvalue weighted by Crippen LogP contribution is -2.17. The molecule has 0 atom stereocenters. The lowest BCUT2D eigenvalue weighted by molar-refractivity contribution is -0.119. The molecule has 0 unspecified atom stereocenters. The average Bonchev–Trinajstić information content (AvgIpc) is 3.22. The number of aromatic nitrogens is 2. The van der Waals surface area contributed by atoms with Crippen molar-refractivity contribution in [2.45, 2.75) is 13.5 Å². The molecule has 3 heterocycles. The molecule has 0 saturated carbocycles. The summed E-state index contributed by atoms with van der Waals surface area (Å²) in [5.74, 6) is -0.317. The summed E-state index contributed by atoms with van der Waals surface area (Å²) in [6.07, 6.45) is 3.12. The maximum absolute atomic E-state index is 12.2. The number of carbonyl (C=O) groups is 2. The van der Waals surface area contributed by atoms with E-state index in [0.717, 1.165) is 19.9 Å². The van der Waals surface area contributed by atoms with Crippen LogP contribution in [-0.4, -0.2) is 21.8 Å². The summed E-state index contributed by atoms with van der Waals surface area (Å²) in [5.41, 5.74) is 1.26. The van der Waals surface area contributed by atoms with Gasteiger partial charge in [0.15, 0.2) is 5.13 Å². The van der Waals surface area contributed by atoms with E-state index in [9.17, 15) is 9.59 Å². The van der Waals surface area contributed by atoms with Crippen molar-refractivity contribution in [2.75, 3.05) is 5.32 Å². The second-order valence-corrected chi connectivity index (χ2v) is 8.00. The molecule has 3 aromatic heterocycles. The van der Waals surface area contributed by atoms with E-state index in [4.69, 9.17) is 0 Å². The Balaban J connectivity index is 1.68. The van der Waals surface area contributed by atoms with Crippen LogP contribution in [0.2, 0.25) is 0 Å². The minimum absolute atomic E-state index is 0.0596. The van der Waals surface area contributed by atoms with Crippen LogP contribution in [0.1, 0.15) is 22.2 Å². The normalized spacial score (nSPS) is 10.5. The monoisotopic (exact) mass is 436 g/mol. The van der Waals surface area contributed by atoms with Crippen molar-refractivity contribution in [3.8, 4) is 10.6 Å². The number of hydrogen-bond acceptors (Lipinski definition) is 6. The summed E-state index contributed by atoms with van der Waals surface area (Å²) in [6, 6.07) is 5.62. The number of anilines is 1. The van der Waals surface area contributed by atoms with E-state index in [0.29, 0.717) is 17.2 Å². The van der Waals surface area contributed by atoms with Crippen molar-refractivity contribution in [1.82, 2.24) is 15.3 Å². The predicted octanol–water partition coefficient (Wildman–Crippen LogP) is 3.92. The highest BCUT2D eigenvalue weighted by molar-refractivity contribution is 9.10. The van der Waals surface area contributed by atoms with Crippen molar-refractivity contribution in [2.24, 2.45) is 0 Å². The molecule has 0 radical (unpaired) electrons. The summed E-state index contributed by atoms with van der Waals surface area (Å²) < 4.78 is 0.741. The number of nitrogens with zero attached hydrogens (tertiary/aromatic N) is 2. The Labute approximate surface area is 160 Å². The first-order valence-corrected chi connectivity index (χ1v) is 9.71. The van der Waals surface area contributed by atoms with Crippen LogP contribution >= 0.6 is 38.6 Å². The van der Waals surface area contributed by atoms with Crippen LogP contribution in [0, 0.1) is 0 Å². The Morgan fingerprint density at radius 2 is 2.12 bits per heavy atom. The van der Waals surface area contributed by atoms with Gasteiger partial charge >= 0.3 is 0 Å². The van der Waals surface area contributed by atoms with Gasteiger partial charge in [0.05, 0.1) is 22.7 Å². The number of nitrogens with one attached hydrogen (secondary N) is 2. The van der Waals surface area contributed by atoms with Gasteiger partial charge in [0.1, 0.15) is 0 Å². The van der Waals surface area contributed by atoms with Crippen LogP contribution in [-0.2, 0) is 11.3 Å². The van der Waals surface area contributed by atoms with Crippen LogP contribution in [0.3, 0.4) is 0 Å². The Bertz CT molecular complexity index is 922. The van der Waals surface area contributed by atoms with E-state index < -0.39 is 0 Å². The fourth-order valence-corrected chi connectivity index (χ4v) is 4.02. The largest absolute Gasteiger partial charge is 0.351 e. The maximum atomic E-state index is 12.2. The number of thiazole rings is 1. The lowest BCUT2D eigenvalue weighted by atomic mass is 10.3. The number of thiophene rings is 1. The van der Waals surface area contributed by atoms with Crippen LogP contribution in [0.25, 0.3) is 10.6 Å². The Hall–Kier alpha value is -2.10. The third-order valence-corrected chi connectivity index (χ3v) is 5.42. The van der Waals surface area contributed by atoms with E-state index in [1.54, 1.807) is 23.6 Å². The molecule has 0 aliphatic rings. The van der Waals surface area contributed by atoms with Gasteiger partial charge in [-0.25, -0.2) is 4.98 Å². The molecular formula is C16H13BrN4O2S2. The Morgan fingerprint density at radius 1 is 1.28 bits per heavy atom. The molecule has 0 aliphatic carbocycles. The number of carbonyl (C=O) groups excluding carboxylic acids is 2. The zero-order chi connectivity index (χ0) is 17.8. The van der Waals surface area contributed by atoms with Crippen LogP contribution in [0.15, 0.2) is 40.4 Å². The van der Waals surface area contributed by atoms with Crippen LogP contribution < -0.4 is 10.6 Å². The number of hydrogen-bond donors (Lipinski definition) is 2. The Kier molecular flexibility index (Phi) is 5.57. The number of rotatable bonds is 5. The maximum Gasteiger partial charge on any atom is 0.259 e. The summed E-state index contributed by atoms with van der Waals surface area (Å²) in [6.45, 7) is 1.99. The molecule has 3 rings (SSSR count). The highest BCUT2D eigenvalue weighted by Crippen LogP contribution is 2.31. The van der Waals surface area contributed by atoms with Gasteiger partial charge in [0.25, 0.3) is 5.91 Å². The van der Waals surface area contributed by atoms with Gasteiger partial charge in [-0.2, -0.15) is 0 Å². The highest BCUT2D eigenvalue weighted by atomic mass is 79.9. The van der Waals surface area contributed by atoms with Crippen molar-refractivity contribution in [3.05, 3.63) is 50.9 Å². The second-order valence-electron chi connectivity index (χ2n) is 5.06. The molecule has 0 spiro atoms. The van der Waals surface area contributed by atoms with E-state index in [2.05, 4.69) is 36.5 Å². The molecule has 0 aliphatic heterocycles. The number of amides is 2. The molecule has 0 fully saturated rings. The standard InChI is InChI=1S/C16H13BrN4O2S2/c1-9(22)19-7-12-2-3-14(25-12)13-8-24-16(20-13)21-15(23)10-4-11(17)6-18-5-10/h2-6,8H,7H2,1H3,(H,19,22)(H,20,21,23). The first-order valence-electron chi connectivity index (χ1n) is 7.22. The fourth-order valence-electron chi connectivity index (χ4n) is 1.97. The average molecular weight is 437 g/mol. The number of halogens is 1. The summed E-state index contributed by atoms with van der Waals surface area (Å²) >= 11 is 6.21. The molecule has 128 valence electrons. The molecule has 0 aromatic carbocycles.